The molecule has 0 aromatic carbocycles. The van der Waals surface area contributed by atoms with E-state index in [9.17, 15) is 9.59 Å². The summed E-state index contributed by atoms with van der Waals surface area (Å²) in [5, 5.41) is 0. The van der Waals surface area contributed by atoms with Crippen LogP contribution in [-0.2, 0) is 14.3 Å². The lowest BCUT2D eigenvalue weighted by atomic mass is 10.1. The van der Waals surface area contributed by atoms with Crippen molar-refractivity contribution in [3.8, 4) is 0 Å². The third kappa shape index (κ3) is 8.21. The highest BCUT2D eigenvalue weighted by atomic mass is 16.5. The van der Waals surface area contributed by atoms with Gasteiger partial charge < -0.3 is 4.74 Å². The molecule has 0 bridgehead atoms. The SMILES string of the molecule is C=CC(=O)CCCCCCOC(=O)C(C)C. The Labute approximate surface area is 97.9 Å². The van der Waals surface area contributed by atoms with Crippen molar-refractivity contribution in [1.29, 1.82) is 0 Å². The molecule has 0 radical (unpaired) electrons. The van der Waals surface area contributed by atoms with E-state index in [1.54, 1.807) is 0 Å². The van der Waals surface area contributed by atoms with Gasteiger partial charge in [-0.3, -0.25) is 9.59 Å². The molecular formula is C13H22O3. The standard InChI is InChI=1S/C13H22O3/c1-4-12(14)9-7-5-6-8-10-16-13(15)11(2)3/h4,11H,1,5-10H2,2-3H3. The molecule has 0 aliphatic carbocycles. The minimum Gasteiger partial charge on any atom is -0.465 e. The van der Waals surface area contributed by atoms with Crippen LogP contribution in [0.1, 0.15) is 46.0 Å². The van der Waals surface area contributed by atoms with Crippen molar-refractivity contribution >= 4 is 11.8 Å². The Bertz CT molecular complexity index is 231. The summed E-state index contributed by atoms with van der Waals surface area (Å²) in [7, 11) is 0. The summed E-state index contributed by atoms with van der Waals surface area (Å²) >= 11 is 0. The third-order valence-corrected chi connectivity index (χ3v) is 2.26. The molecule has 92 valence electrons. The quantitative estimate of drug-likeness (QED) is 0.345. The number of carbonyl (C=O) groups is 2. The number of carbonyl (C=O) groups excluding carboxylic acids is 2. The highest BCUT2D eigenvalue weighted by Crippen LogP contribution is 2.05. The third-order valence-electron chi connectivity index (χ3n) is 2.26. The zero-order valence-corrected chi connectivity index (χ0v) is 10.3. The Morgan fingerprint density at radius 1 is 1.19 bits per heavy atom. The van der Waals surface area contributed by atoms with Crippen LogP contribution in [0.5, 0.6) is 0 Å². The molecule has 0 amide bonds. The van der Waals surface area contributed by atoms with Crippen molar-refractivity contribution in [1.82, 2.24) is 0 Å². The van der Waals surface area contributed by atoms with E-state index in [1.807, 2.05) is 13.8 Å². The number of esters is 1. The fourth-order valence-electron chi connectivity index (χ4n) is 1.20. The van der Waals surface area contributed by atoms with Gasteiger partial charge in [-0.25, -0.2) is 0 Å². The minimum atomic E-state index is -0.137. The Hall–Kier alpha value is -1.12. The van der Waals surface area contributed by atoms with E-state index in [4.69, 9.17) is 4.74 Å². The van der Waals surface area contributed by atoms with Gasteiger partial charge in [0.2, 0.25) is 0 Å². The summed E-state index contributed by atoms with van der Waals surface area (Å²) < 4.78 is 5.03. The zero-order chi connectivity index (χ0) is 12.4. The maximum atomic E-state index is 11.1. The van der Waals surface area contributed by atoms with Crippen LogP contribution in [0, 0.1) is 5.92 Å². The molecule has 0 atom stereocenters. The monoisotopic (exact) mass is 226 g/mol. The molecule has 0 fully saturated rings. The maximum Gasteiger partial charge on any atom is 0.308 e. The fraction of sp³-hybridized carbons (Fsp3) is 0.692. The van der Waals surface area contributed by atoms with Gasteiger partial charge in [0.15, 0.2) is 5.78 Å². The van der Waals surface area contributed by atoms with Gasteiger partial charge in [-0.05, 0) is 18.9 Å². The van der Waals surface area contributed by atoms with Gasteiger partial charge >= 0.3 is 5.97 Å². The average Bonchev–Trinajstić information content (AvgIpc) is 2.26. The first kappa shape index (κ1) is 14.9. The largest absolute Gasteiger partial charge is 0.465 e. The molecule has 0 N–H and O–H groups in total. The van der Waals surface area contributed by atoms with E-state index in [0.717, 1.165) is 25.7 Å². The number of hydrogen-bond acceptors (Lipinski definition) is 3. The van der Waals surface area contributed by atoms with E-state index in [0.29, 0.717) is 13.0 Å². The topological polar surface area (TPSA) is 43.4 Å². The van der Waals surface area contributed by atoms with Crippen LogP contribution in [0.3, 0.4) is 0 Å². The second-order valence-corrected chi connectivity index (χ2v) is 4.16. The number of allylic oxidation sites excluding steroid dienone is 1. The highest BCUT2D eigenvalue weighted by molar-refractivity contribution is 5.88. The molecule has 3 heteroatoms. The molecule has 0 aromatic heterocycles. The maximum absolute atomic E-state index is 11.1. The molecule has 0 aliphatic rings. The number of ether oxygens (including phenoxy) is 1. The second-order valence-electron chi connectivity index (χ2n) is 4.16. The number of hydrogen-bond donors (Lipinski definition) is 0. The Morgan fingerprint density at radius 2 is 1.81 bits per heavy atom. The van der Waals surface area contributed by atoms with Crippen LogP contribution in [0.4, 0.5) is 0 Å². The minimum absolute atomic E-state index is 0.0507. The lowest BCUT2D eigenvalue weighted by Crippen LogP contribution is -2.12. The molecule has 0 saturated carbocycles. The number of unbranched alkanes of at least 4 members (excludes halogenated alkanes) is 3. The Morgan fingerprint density at radius 3 is 2.38 bits per heavy atom. The van der Waals surface area contributed by atoms with Gasteiger partial charge in [-0.2, -0.15) is 0 Å². The van der Waals surface area contributed by atoms with Crippen molar-refractivity contribution in [2.45, 2.75) is 46.0 Å². The number of ketones is 1. The summed E-state index contributed by atoms with van der Waals surface area (Å²) in [6, 6.07) is 0. The van der Waals surface area contributed by atoms with E-state index >= 15 is 0 Å². The lowest BCUT2D eigenvalue weighted by Gasteiger charge is -2.06. The van der Waals surface area contributed by atoms with Crippen LogP contribution in [0.2, 0.25) is 0 Å². The fourth-order valence-corrected chi connectivity index (χ4v) is 1.20. The van der Waals surface area contributed by atoms with Crippen LogP contribution in [-0.4, -0.2) is 18.4 Å². The first-order valence-electron chi connectivity index (χ1n) is 5.89. The van der Waals surface area contributed by atoms with Gasteiger partial charge in [0.25, 0.3) is 0 Å². The molecule has 0 heterocycles. The van der Waals surface area contributed by atoms with Crippen molar-refractivity contribution in [2.75, 3.05) is 6.61 Å². The Kier molecular flexibility index (Phi) is 8.49. The number of rotatable bonds is 9. The predicted octanol–water partition coefficient (Wildman–Crippen LogP) is 2.89. The summed E-state index contributed by atoms with van der Waals surface area (Å²) in [6.07, 6.45) is 5.71. The van der Waals surface area contributed by atoms with Crippen LogP contribution in [0.25, 0.3) is 0 Å². The van der Waals surface area contributed by atoms with Crippen molar-refractivity contribution < 1.29 is 14.3 Å². The lowest BCUT2D eigenvalue weighted by molar-refractivity contribution is -0.147. The second kappa shape index (κ2) is 9.13. The smallest absolute Gasteiger partial charge is 0.308 e. The highest BCUT2D eigenvalue weighted by Gasteiger charge is 2.06. The zero-order valence-electron chi connectivity index (χ0n) is 10.3. The van der Waals surface area contributed by atoms with Gasteiger partial charge in [-0.1, -0.05) is 33.3 Å². The summed E-state index contributed by atoms with van der Waals surface area (Å²) in [6.45, 7) is 7.56. The van der Waals surface area contributed by atoms with Crippen molar-refractivity contribution in [3.05, 3.63) is 12.7 Å². The first-order valence-corrected chi connectivity index (χ1v) is 5.89. The van der Waals surface area contributed by atoms with Gasteiger partial charge in [-0.15, -0.1) is 0 Å². The summed E-state index contributed by atoms with van der Waals surface area (Å²) in [4.78, 5) is 22.0. The molecular weight excluding hydrogens is 204 g/mol. The van der Waals surface area contributed by atoms with Crippen LogP contribution >= 0.6 is 0 Å². The molecule has 3 nitrogen and oxygen atoms in total. The molecule has 0 rings (SSSR count). The van der Waals surface area contributed by atoms with Gasteiger partial charge in [0, 0.05) is 6.42 Å². The Balaban J connectivity index is 3.25. The molecule has 0 aliphatic heterocycles. The molecule has 0 spiro atoms. The van der Waals surface area contributed by atoms with Crippen molar-refractivity contribution in [2.24, 2.45) is 5.92 Å². The molecule has 16 heavy (non-hydrogen) atoms. The molecule has 0 saturated heterocycles. The predicted molar refractivity (Wildman–Crippen MR) is 64.1 cm³/mol. The van der Waals surface area contributed by atoms with E-state index < -0.39 is 0 Å². The first-order chi connectivity index (χ1) is 7.57. The van der Waals surface area contributed by atoms with Crippen molar-refractivity contribution in [3.63, 3.8) is 0 Å². The van der Waals surface area contributed by atoms with Gasteiger partial charge in [0.1, 0.15) is 0 Å². The average molecular weight is 226 g/mol. The molecule has 0 unspecified atom stereocenters. The van der Waals surface area contributed by atoms with Crippen LogP contribution in [0.15, 0.2) is 12.7 Å². The summed E-state index contributed by atoms with van der Waals surface area (Å²) in [5.74, 6) is -0.0849. The van der Waals surface area contributed by atoms with E-state index in [1.165, 1.54) is 6.08 Å². The van der Waals surface area contributed by atoms with Gasteiger partial charge in [0.05, 0.1) is 12.5 Å². The van der Waals surface area contributed by atoms with E-state index in [-0.39, 0.29) is 17.7 Å². The van der Waals surface area contributed by atoms with E-state index in [2.05, 4.69) is 6.58 Å². The normalized spacial score (nSPS) is 10.2. The molecule has 0 aromatic rings. The summed E-state index contributed by atoms with van der Waals surface area (Å²) in [5.41, 5.74) is 0. The van der Waals surface area contributed by atoms with Crippen LogP contribution < -0.4 is 0 Å².